The summed E-state index contributed by atoms with van der Waals surface area (Å²) in [6, 6.07) is 10.6. The summed E-state index contributed by atoms with van der Waals surface area (Å²) < 4.78 is 37.2. The molecule has 1 aliphatic rings. The molecule has 11 heteroatoms. The number of benzene rings is 1. The van der Waals surface area contributed by atoms with E-state index in [1.165, 1.54) is 41.9 Å². The van der Waals surface area contributed by atoms with Gasteiger partial charge in [0, 0.05) is 4.88 Å². The van der Waals surface area contributed by atoms with E-state index in [0.717, 1.165) is 29.7 Å². The van der Waals surface area contributed by atoms with Crippen LogP contribution in [0.2, 0.25) is 0 Å². The van der Waals surface area contributed by atoms with Crippen molar-refractivity contribution in [3.8, 4) is 6.07 Å². The number of amides is 1. The van der Waals surface area contributed by atoms with E-state index in [4.69, 9.17) is 9.15 Å². The van der Waals surface area contributed by atoms with E-state index in [1.54, 1.807) is 12.1 Å². The zero-order valence-electron chi connectivity index (χ0n) is 17.3. The largest absolute Gasteiger partial charge is 0.468 e. The Balaban J connectivity index is 1.31. The molecular weight excluding hydrogens is 466 g/mol. The van der Waals surface area contributed by atoms with Crippen LogP contribution in [0.25, 0.3) is 0 Å². The first-order valence-corrected chi connectivity index (χ1v) is 12.3. The molecule has 0 saturated carbocycles. The first kappa shape index (κ1) is 22.7. The van der Waals surface area contributed by atoms with Crippen LogP contribution in [0.5, 0.6) is 0 Å². The quantitative estimate of drug-likeness (QED) is 0.468. The number of rotatable bonds is 8. The van der Waals surface area contributed by atoms with Gasteiger partial charge in [-0.15, -0.1) is 11.3 Å². The third kappa shape index (κ3) is 5.14. The maximum atomic E-state index is 12.4. The van der Waals surface area contributed by atoms with Gasteiger partial charge in [0.15, 0.2) is 6.61 Å². The summed E-state index contributed by atoms with van der Waals surface area (Å²) in [5.74, 6) is -0.862. The van der Waals surface area contributed by atoms with E-state index < -0.39 is 28.5 Å². The van der Waals surface area contributed by atoms with Gasteiger partial charge in [0.05, 0.1) is 28.8 Å². The zero-order chi connectivity index (χ0) is 23.4. The highest BCUT2D eigenvalue weighted by atomic mass is 32.2. The summed E-state index contributed by atoms with van der Waals surface area (Å²) in [6.07, 6.45) is 4.16. The lowest BCUT2D eigenvalue weighted by Crippen LogP contribution is -2.23. The van der Waals surface area contributed by atoms with Crippen molar-refractivity contribution in [3.63, 3.8) is 0 Å². The number of fused-ring (bicyclic) bond motifs is 1. The summed E-state index contributed by atoms with van der Waals surface area (Å²) in [5.41, 5.74) is 1.56. The van der Waals surface area contributed by atoms with Crippen LogP contribution in [0.1, 0.15) is 38.5 Å². The molecular formula is C22H19N3O6S2. The molecule has 0 fully saturated rings. The van der Waals surface area contributed by atoms with Gasteiger partial charge in [-0.05, 0) is 61.2 Å². The molecule has 0 radical (unpaired) electrons. The van der Waals surface area contributed by atoms with Gasteiger partial charge in [-0.2, -0.15) is 5.26 Å². The number of nitrogens with one attached hydrogen (secondary N) is 2. The Bertz CT molecular complexity index is 1320. The van der Waals surface area contributed by atoms with Gasteiger partial charge in [-0.25, -0.2) is 17.9 Å². The molecule has 33 heavy (non-hydrogen) atoms. The molecule has 1 aliphatic carbocycles. The second-order valence-electron chi connectivity index (χ2n) is 7.23. The van der Waals surface area contributed by atoms with Crippen LogP contribution in [0.4, 0.5) is 5.00 Å². The van der Waals surface area contributed by atoms with E-state index >= 15 is 0 Å². The van der Waals surface area contributed by atoms with Crippen molar-refractivity contribution in [1.29, 1.82) is 5.26 Å². The Morgan fingerprint density at radius 2 is 1.97 bits per heavy atom. The van der Waals surface area contributed by atoms with Gasteiger partial charge in [-0.1, -0.05) is 0 Å². The molecule has 0 aliphatic heterocycles. The number of thiophene rings is 1. The third-order valence-corrected chi connectivity index (χ3v) is 7.66. The van der Waals surface area contributed by atoms with Crippen molar-refractivity contribution >= 4 is 38.2 Å². The number of anilines is 1. The highest BCUT2D eigenvalue weighted by molar-refractivity contribution is 7.89. The molecule has 2 heterocycles. The highest BCUT2D eigenvalue weighted by Crippen LogP contribution is 2.38. The van der Waals surface area contributed by atoms with E-state index in [1.807, 2.05) is 0 Å². The fourth-order valence-electron chi connectivity index (χ4n) is 3.42. The molecule has 0 unspecified atom stereocenters. The standard InChI is InChI=1S/C22H19N3O6S2/c23-11-18-17-4-1-5-19(17)32-21(18)25-20(26)13-31-22(27)14-6-8-16(9-7-14)33(28,29)24-12-15-3-2-10-30-15/h2-3,6-10,24H,1,4-5,12-13H2,(H,25,26). The Kier molecular flexibility index (Phi) is 6.60. The summed E-state index contributed by atoms with van der Waals surface area (Å²) >= 11 is 1.38. The Labute approximate surface area is 194 Å². The van der Waals surface area contributed by atoms with E-state index in [2.05, 4.69) is 16.1 Å². The first-order valence-electron chi connectivity index (χ1n) is 10.0. The third-order valence-electron chi connectivity index (χ3n) is 5.04. The predicted molar refractivity (Wildman–Crippen MR) is 119 cm³/mol. The lowest BCUT2D eigenvalue weighted by molar-refractivity contribution is -0.119. The minimum atomic E-state index is -3.80. The second-order valence-corrected chi connectivity index (χ2v) is 10.1. The topological polar surface area (TPSA) is 138 Å². The molecule has 0 atom stereocenters. The van der Waals surface area contributed by atoms with Gasteiger partial charge >= 0.3 is 5.97 Å². The summed E-state index contributed by atoms with van der Waals surface area (Å²) in [4.78, 5) is 25.5. The van der Waals surface area contributed by atoms with Gasteiger partial charge in [0.25, 0.3) is 5.91 Å². The number of hydrogen-bond donors (Lipinski definition) is 2. The van der Waals surface area contributed by atoms with Gasteiger partial charge in [0.2, 0.25) is 10.0 Å². The fraction of sp³-hybridized carbons (Fsp3) is 0.227. The monoisotopic (exact) mass is 485 g/mol. The number of hydrogen-bond acceptors (Lipinski definition) is 8. The van der Waals surface area contributed by atoms with Crippen LogP contribution in [-0.4, -0.2) is 26.9 Å². The molecule has 1 aromatic carbocycles. The van der Waals surface area contributed by atoms with Crippen LogP contribution in [0.15, 0.2) is 52.0 Å². The number of nitrogens with zero attached hydrogens (tertiary/aromatic N) is 1. The van der Waals surface area contributed by atoms with Crippen LogP contribution < -0.4 is 10.0 Å². The van der Waals surface area contributed by atoms with Crippen molar-refractivity contribution in [1.82, 2.24) is 4.72 Å². The van der Waals surface area contributed by atoms with E-state index in [9.17, 15) is 23.3 Å². The highest BCUT2D eigenvalue weighted by Gasteiger charge is 2.23. The molecule has 0 spiro atoms. The molecule has 9 nitrogen and oxygen atoms in total. The summed E-state index contributed by atoms with van der Waals surface area (Å²) in [6.45, 7) is -0.536. The first-order chi connectivity index (χ1) is 15.9. The summed E-state index contributed by atoms with van der Waals surface area (Å²) in [5, 5.41) is 12.5. The molecule has 0 saturated heterocycles. The lowest BCUT2D eigenvalue weighted by atomic mass is 10.1. The molecule has 4 rings (SSSR count). The zero-order valence-corrected chi connectivity index (χ0v) is 18.9. The lowest BCUT2D eigenvalue weighted by Gasteiger charge is -2.08. The van der Waals surface area contributed by atoms with Crippen LogP contribution >= 0.6 is 11.3 Å². The van der Waals surface area contributed by atoms with Crippen molar-refractivity contribution in [3.05, 3.63) is 70.0 Å². The molecule has 1 amide bonds. The minimum Gasteiger partial charge on any atom is -0.468 e. The van der Waals surface area contributed by atoms with Gasteiger partial charge in [0.1, 0.15) is 16.8 Å². The molecule has 2 N–H and O–H groups in total. The van der Waals surface area contributed by atoms with E-state index in [0.29, 0.717) is 16.3 Å². The Hall–Kier alpha value is -3.46. The molecule has 170 valence electrons. The number of sulfonamides is 1. The molecule has 2 aromatic heterocycles. The minimum absolute atomic E-state index is 0.00498. The molecule has 3 aromatic rings. The average Bonchev–Trinajstić information content (AvgIpc) is 3.54. The van der Waals surface area contributed by atoms with Crippen molar-refractivity contribution < 1.29 is 27.2 Å². The number of esters is 1. The van der Waals surface area contributed by atoms with Crippen molar-refractivity contribution in [2.45, 2.75) is 30.7 Å². The maximum Gasteiger partial charge on any atom is 0.338 e. The fourth-order valence-corrected chi connectivity index (χ4v) is 5.67. The van der Waals surface area contributed by atoms with Crippen LogP contribution in [-0.2, 0) is 38.9 Å². The molecule has 0 bridgehead atoms. The van der Waals surface area contributed by atoms with Crippen molar-refractivity contribution in [2.24, 2.45) is 0 Å². The SMILES string of the molecule is N#Cc1c(NC(=O)COC(=O)c2ccc(S(=O)(=O)NCc3ccco3)cc2)sc2c1CCC2. The van der Waals surface area contributed by atoms with E-state index in [-0.39, 0.29) is 17.0 Å². The number of carbonyl (C=O) groups excluding carboxylic acids is 2. The normalized spacial score (nSPS) is 12.7. The number of nitriles is 1. The van der Waals surface area contributed by atoms with Gasteiger partial charge < -0.3 is 14.5 Å². The number of aryl methyl sites for hydroxylation is 1. The van der Waals surface area contributed by atoms with Gasteiger partial charge in [-0.3, -0.25) is 4.79 Å². The Morgan fingerprint density at radius 3 is 2.67 bits per heavy atom. The summed E-state index contributed by atoms with van der Waals surface area (Å²) in [7, 11) is -3.80. The average molecular weight is 486 g/mol. The van der Waals surface area contributed by atoms with Crippen LogP contribution in [0, 0.1) is 11.3 Å². The second kappa shape index (κ2) is 9.58. The van der Waals surface area contributed by atoms with Crippen LogP contribution in [0.3, 0.4) is 0 Å². The predicted octanol–water partition coefficient (Wildman–Crippen LogP) is 2.98. The number of ether oxygens (including phenoxy) is 1. The maximum absolute atomic E-state index is 12.4. The number of carbonyl (C=O) groups is 2. The van der Waals surface area contributed by atoms with Crippen molar-refractivity contribution in [2.75, 3.05) is 11.9 Å². The number of furan rings is 1. The smallest absolute Gasteiger partial charge is 0.338 e. The Morgan fingerprint density at radius 1 is 1.18 bits per heavy atom.